The molecule has 2 heterocycles. The van der Waals surface area contributed by atoms with Crippen molar-refractivity contribution in [3.63, 3.8) is 0 Å². The summed E-state index contributed by atoms with van der Waals surface area (Å²) in [5.41, 5.74) is 0.358. The molecule has 5 nitrogen and oxygen atoms in total. The zero-order chi connectivity index (χ0) is 16.6. The second kappa shape index (κ2) is 6.44. The van der Waals surface area contributed by atoms with E-state index in [0.29, 0.717) is 9.53 Å². The minimum atomic E-state index is -0.593. The highest BCUT2D eigenvalue weighted by atomic mass is 127. The summed E-state index contributed by atoms with van der Waals surface area (Å²) < 4.78 is 20.5. The first-order chi connectivity index (χ1) is 11.0. The lowest BCUT2D eigenvalue weighted by Gasteiger charge is -2.12. The maximum Gasteiger partial charge on any atom is 0.329 e. The van der Waals surface area contributed by atoms with Gasteiger partial charge in [0.15, 0.2) is 3.77 Å². The van der Waals surface area contributed by atoms with E-state index in [1.54, 1.807) is 18.2 Å². The van der Waals surface area contributed by atoms with Crippen LogP contribution >= 0.6 is 38.5 Å². The second-order valence-corrected chi connectivity index (χ2v) is 6.58. The van der Waals surface area contributed by atoms with Gasteiger partial charge in [0.1, 0.15) is 17.3 Å². The van der Waals surface area contributed by atoms with Gasteiger partial charge < -0.3 is 9.73 Å². The molecule has 23 heavy (non-hydrogen) atoms. The molecule has 0 saturated carbocycles. The molecule has 3 rings (SSSR count). The van der Waals surface area contributed by atoms with Crippen LogP contribution in [0.3, 0.4) is 0 Å². The fourth-order valence-electron chi connectivity index (χ4n) is 2.09. The largest absolute Gasteiger partial charge is 0.450 e. The summed E-state index contributed by atoms with van der Waals surface area (Å²) in [5, 5.41) is 2.47. The number of amides is 3. The lowest BCUT2D eigenvalue weighted by atomic mass is 10.2. The Morgan fingerprint density at radius 3 is 2.74 bits per heavy atom. The van der Waals surface area contributed by atoms with E-state index in [2.05, 4.69) is 21.2 Å². The van der Waals surface area contributed by atoms with Crippen LogP contribution in [0.2, 0.25) is 0 Å². The number of nitrogens with one attached hydrogen (secondary N) is 1. The fourth-order valence-corrected chi connectivity index (χ4v) is 2.81. The number of furan rings is 1. The number of rotatable bonds is 3. The molecule has 1 saturated heterocycles. The lowest BCUT2D eigenvalue weighted by Crippen LogP contribution is -2.30. The molecule has 1 aliphatic rings. The molecule has 0 unspecified atom stereocenters. The summed E-state index contributed by atoms with van der Waals surface area (Å²) >= 11 is 5.30. The van der Waals surface area contributed by atoms with Gasteiger partial charge in [0.05, 0.1) is 11.0 Å². The maximum atomic E-state index is 13.7. The Bertz CT molecular complexity index is 814. The minimum absolute atomic E-state index is 0.0870. The van der Waals surface area contributed by atoms with Gasteiger partial charge in [0.2, 0.25) is 0 Å². The number of hydrogen-bond acceptors (Lipinski definition) is 3. The molecule has 2 aromatic rings. The van der Waals surface area contributed by atoms with Crippen LogP contribution in [0.5, 0.6) is 0 Å². The topological polar surface area (TPSA) is 62.6 Å². The van der Waals surface area contributed by atoms with Gasteiger partial charge in [-0.25, -0.2) is 9.18 Å². The number of carbonyl (C=O) groups excluding carboxylic acids is 2. The first-order valence-electron chi connectivity index (χ1n) is 6.48. The summed E-state index contributed by atoms with van der Waals surface area (Å²) in [5.74, 6) is -0.562. The molecule has 1 N–H and O–H groups in total. The van der Waals surface area contributed by atoms with Crippen LogP contribution in [0.1, 0.15) is 11.3 Å². The Morgan fingerprint density at radius 2 is 2.09 bits per heavy atom. The lowest BCUT2D eigenvalue weighted by molar-refractivity contribution is -0.123. The van der Waals surface area contributed by atoms with Gasteiger partial charge in [-0.15, -0.1) is 0 Å². The van der Waals surface area contributed by atoms with Crippen molar-refractivity contribution >= 4 is 56.5 Å². The number of halogens is 3. The van der Waals surface area contributed by atoms with Crippen molar-refractivity contribution in [3.05, 3.63) is 61.4 Å². The summed E-state index contributed by atoms with van der Waals surface area (Å²) in [7, 11) is 0. The molecule has 1 fully saturated rings. The average Bonchev–Trinajstić information content (AvgIpc) is 2.95. The van der Waals surface area contributed by atoms with Crippen molar-refractivity contribution in [2.24, 2.45) is 0 Å². The van der Waals surface area contributed by atoms with Crippen LogP contribution < -0.4 is 5.32 Å². The fraction of sp³-hybridized carbons (Fsp3) is 0.0667. The molecule has 118 valence electrons. The van der Waals surface area contributed by atoms with Crippen LogP contribution in [-0.4, -0.2) is 16.8 Å². The Balaban J connectivity index is 1.84. The first kappa shape index (κ1) is 16.2. The van der Waals surface area contributed by atoms with E-state index >= 15 is 0 Å². The Hall–Kier alpha value is -1.68. The van der Waals surface area contributed by atoms with Gasteiger partial charge >= 0.3 is 6.03 Å². The van der Waals surface area contributed by atoms with E-state index in [4.69, 9.17) is 4.42 Å². The third-order valence-corrected chi connectivity index (χ3v) is 5.33. The number of carbonyl (C=O) groups is 2. The Morgan fingerprint density at radius 1 is 1.35 bits per heavy atom. The van der Waals surface area contributed by atoms with E-state index in [-0.39, 0.29) is 17.8 Å². The van der Waals surface area contributed by atoms with Crippen LogP contribution in [-0.2, 0) is 11.3 Å². The van der Waals surface area contributed by atoms with Crippen molar-refractivity contribution in [1.29, 1.82) is 0 Å². The van der Waals surface area contributed by atoms with Gasteiger partial charge in [-0.1, -0.05) is 18.2 Å². The summed E-state index contributed by atoms with van der Waals surface area (Å²) in [6.07, 6.45) is 1.44. The van der Waals surface area contributed by atoms with Gasteiger partial charge in [-0.05, 0) is 28.1 Å². The van der Waals surface area contributed by atoms with Gasteiger partial charge in [-0.2, -0.15) is 0 Å². The predicted octanol–water partition coefficient (Wildman–Crippen LogP) is 3.88. The van der Waals surface area contributed by atoms with Crippen molar-refractivity contribution in [3.8, 4) is 0 Å². The third-order valence-electron chi connectivity index (χ3n) is 3.20. The zero-order valence-electron chi connectivity index (χ0n) is 11.5. The molecule has 3 amide bonds. The highest BCUT2D eigenvalue weighted by Crippen LogP contribution is 2.25. The van der Waals surface area contributed by atoms with Crippen LogP contribution in [0.15, 0.2) is 44.9 Å². The highest BCUT2D eigenvalue weighted by Gasteiger charge is 2.34. The molecule has 0 bridgehead atoms. The van der Waals surface area contributed by atoms with Crippen molar-refractivity contribution in [2.45, 2.75) is 6.54 Å². The van der Waals surface area contributed by atoms with E-state index in [1.807, 2.05) is 22.6 Å². The normalized spacial score (nSPS) is 16.3. The summed E-state index contributed by atoms with van der Waals surface area (Å²) in [4.78, 5) is 25.2. The van der Waals surface area contributed by atoms with Gasteiger partial charge in [0, 0.05) is 34.2 Å². The third kappa shape index (κ3) is 3.32. The van der Waals surface area contributed by atoms with E-state index in [1.165, 1.54) is 18.2 Å². The molecule has 0 aliphatic carbocycles. The molecular weight excluding hydrogens is 482 g/mol. The second-order valence-electron chi connectivity index (χ2n) is 4.74. The monoisotopic (exact) mass is 490 g/mol. The van der Waals surface area contributed by atoms with E-state index in [0.717, 1.165) is 9.37 Å². The van der Waals surface area contributed by atoms with Crippen molar-refractivity contribution in [2.75, 3.05) is 0 Å². The Kier molecular flexibility index (Phi) is 4.53. The summed E-state index contributed by atoms with van der Waals surface area (Å²) in [6, 6.07) is 7.11. The molecule has 8 heteroatoms. The quantitative estimate of drug-likeness (QED) is 0.403. The molecule has 1 aliphatic heterocycles. The van der Waals surface area contributed by atoms with Crippen molar-refractivity contribution in [1.82, 2.24) is 10.2 Å². The molecule has 0 spiro atoms. The standard InChI is InChI=1S/C15H9BrFIN2O3/c16-10-5-9(23-13(10)18)6-12-14(21)20(15(22)19-12)7-8-3-1-2-4-11(8)17/h1-6H,7H2,(H,19,22)/b12-6-. The Labute approximate surface area is 152 Å². The SMILES string of the molecule is O=C1N/C(=C\c2cc(Br)c(I)o2)C(=O)N1Cc1ccccc1F. The van der Waals surface area contributed by atoms with Gasteiger partial charge in [-0.3, -0.25) is 9.69 Å². The maximum absolute atomic E-state index is 13.7. The van der Waals surface area contributed by atoms with Crippen LogP contribution in [0.4, 0.5) is 9.18 Å². The number of imide groups is 1. The van der Waals surface area contributed by atoms with E-state index in [9.17, 15) is 14.0 Å². The van der Waals surface area contributed by atoms with Crippen LogP contribution in [0, 0.1) is 9.58 Å². The summed E-state index contributed by atoms with van der Waals surface area (Å²) in [6.45, 7) is -0.131. The number of urea groups is 1. The molecule has 0 atom stereocenters. The molecule has 0 radical (unpaired) electrons. The number of benzene rings is 1. The molecule has 1 aromatic heterocycles. The van der Waals surface area contributed by atoms with Crippen molar-refractivity contribution < 1.29 is 18.4 Å². The number of nitrogens with zero attached hydrogens (tertiary/aromatic N) is 1. The van der Waals surface area contributed by atoms with Crippen LogP contribution in [0.25, 0.3) is 6.08 Å². The first-order valence-corrected chi connectivity index (χ1v) is 8.35. The van der Waals surface area contributed by atoms with Gasteiger partial charge in [0.25, 0.3) is 5.91 Å². The zero-order valence-corrected chi connectivity index (χ0v) is 15.2. The number of hydrogen-bond donors (Lipinski definition) is 1. The predicted molar refractivity (Wildman–Crippen MR) is 92.6 cm³/mol. The average molecular weight is 491 g/mol. The molecular formula is C15H9BrFIN2O3. The molecule has 1 aromatic carbocycles. The smallest absolute Gasteiger partial charge is 0.329 e. The minimum Gasteiger partial charge on any atom is -0.450 e. The highest BCUT2D eigenvalue weighted by molar-refractivity contribution is 14.1. The van der Waals surface area contributed by atoms with E-state index < -0.39 is 17.8 Å².